The van der Waals surface area contributed by atoms with Crippen molar-refractivity contribution in [3.8, 4) is 0 Å². The number of esters is 1. The Morgan fingerprint density at radius 2 is 2.05 bits per heavy atom. The van der Waals surface area contributed by atoms with Gasteiger partial charge in [-0.25, -0.2) is 17.5 Å². The van der Waals surface area contributed by atoms with Crippen LogP contribution in [0, 0.1) is 5.92 Å². The van der Waals surface area contributed by atoms with Crippen LogP contribution in [0.5, 0.6) is 0 Å². The Morgan fingerprint density at radius 3 is 2.60 bits per heavy atom. The van der Waals surface area contributed by atoms with Gasteiger partial charge in [0.1, 0.15) is 0 Å². The first-order valence-corrected chi connectivity index (χ1v) is 8.03. The summed E-state index contributed by atoms with van der Waals surface area (Å²) in [6.07, 6.45) is 2.13. The second-order valence-electron chi connectivity index (χ2n) is 4.97. The van der Waals surface area contributed by atoms with Crippen LogP contribution in [0.25, 0.3) is 0 Å². The highest BCUT2D eigenvalue weighted by molar-refractivity contribution is 7.89. The van der Waals surface area contributed by atoms with Crippen molar-refractivity contribution in [1.82, 2.24) is 4.31 Å². The zero-order valence-electron chi connectivity index (χ0n) is 11.3. The topological polar surface area (TPSA) is 63.7 Å². The van der Waals surface area contributed by atoms with E-state index in [0.717, 1.165) is 17.1 Å². The van der Waals surface area contributed by atoms with Crippen LogP contribution in [0.15, 0.2) is 23.1 Å². The first-order valence-electron chi connectivity index (χ1n) is 6.21. The number of ether oxygens (including phenoxy) is 1. The Hall–Kier alpha value is -1.11. The molecule has 0 atom stereocenters. The van der Waals surface area contributed by atoms with E-state index in [0.29, 0.717) is 12.5 Å². The van der Waals surface area contributed by atoms with Gasteiger partial charge in [-0.15, -0.1) is 0 Å². The Balaban J connectivity index is 2.26. The molecule has 1 fully saturated rings. The molecule has 20 heavy (non-hydrogen) atoms. The molecule has 1 aromatic rings. The van der Waals surface area contributed by atoms with E-state index in [1.807, 2.05) is 0 Å². The van der Waals surface area contributed by atoms with Gasteiger partial charge in [0, 0.05) is 14.1 Å². The number of hydrogen-bond acceptors (Lipinski definition) is 4. The maximum atomic E-state index is 12.0. The van der Waals surface area contributed by atoms with Gasteiger partial charge in [-0.2, -0.15) is 0 Å². The number of nitrogens with zero attached hydrogens (tertiary/aromatic N) is 1. The summed E-state index contributed by atoms with van der Waals surface area (Å²) in [5, 5.41) is 0.184. The number of halogens is 1. The molecule has 0 saturated heterocycles. The fourth-order valence-corrected chi connectivity index (χ4v) is 2.71. The minimum absolute atomic E-state index is 0.0188. The monoisotopic (exact) mass is 317 g/mol. The number of rotatable bonds is 5. The number of sulfonamides is 1. The lowest BCUT2D eigenvalue weighted by Gasteiger charge is -2.13. The molecule has 0 bridgehead atoms. The highest BCUT2D eigenvalue weighted by Crippen LogP contribution is 2.30. The molecule has 0 amide bonds. The summed E-state index contributed by atoms with van der Waals surface area (Å²) in [6, 6.07) is 4.02. The van der Waals surface area contributed by atoms with E-state index in [1.165, 1.54) is 32.3 Å². The zero-order chi connectivity index (χ0) is 14.9. The van der Waals surface area contributed by atoms with Crippen molar-refractivity contribution in [1.29, 1.82) is 0 Å². The molecule has 0 spiro atoms. The zero-order valence-corrected chi connectivity index (χ0v) is 12.9. The smallest absolute Gasteiger partial charge is 0.339 e. The SMILES string of the molecule is CN(C)S(=O)(=O)c1ccc(Cl)c(C(=O)OCC2CC2)c1. The van der Waals surface area contributed by atoms with Crippen LogP contribution in [0.2, 0.25) is 5.02 Å². The van der Waals surface area contributed by atoms with Crippen molar-refractivity contribution in [2.45, 2.75) is 17.7 Å². The van der Waals surface area contributed by atoms with E-state index in [2.05, 4.69) is 0 Å². The van der Waals surface area contributed by atoms with Gasteiger partial charge in [0.2, 0.25) is 10.0 Å². The molecular formula is C13H16ClNO4S. The molecule has 5 nitrogen and oxygen atoms in total. The average Bonchev–Trinajstić information content (AvgIpc) is 3.20. The number of carbonyl (C=O) groups is 1. The summed E-state index contributed by atoms with van der Waals surface area (Å²) in [5.74, 6) is -0.149. The lowest BCUT2D eigenvalue weighted by Crippen LogP contribution is -2.22. The van der Waals surface area contributed by atoms with Crippen LogP contribution in [-0.2, 0) is 14.8 Å². The first-order chi connectivity index (χ1) is 9.32. The third-order valence-electron chi connectivity index (χ3n) is 3.08. The summed E-state index contributed by atoms with van der Waals surface area (Å²) in [5.41, 5.74) is 0.0789. The van der Waals surface area contributed by atoms with E-state index in [9.17, 15) is 13.2 Å². The van der Waals surface area contributed by atoms with Gasteiger partial charge in [0.05, 0.1) is 22.1 Å². The number of carbonyl (C=O) groups excluding carboxylic acids is 1. The summed E-state index contributed by atoms with van der Waals surface area (Å²) >= 11 is 5.94. The van der Waals surface area contributed by atoms with Gasteiger partial charge in [-0.05, 0) is 37.0 Å². The quantitative estimate of drug-likeness (QED) is 0.781. The highest BCUT2D eigenvalue weighted by Gasteiger charge is 2.25. The largest absolute Gasteiger partial charge is 0.462 e. The van der Waals surface area contributed by atoms with E-state index >= 15 is 0 Å². The molecule has 0 aliphatic heterocycles. The Bertz CT molecular complexity index is 623. The average molecular weight is 318 g/mol. The van der Waals surface area contributed by atoms with E-state index in [1.54, 1.807) is 0 Å². The minimum Gasteiger partial charge on any atom is -0.462 e. The van der Waals surface area contributed by atoms with Crippen molar-refractivity contribution in [3.05, 3.63) is 28.8 Å². The maximum absolute atomic E-state index is 12.0. The second kappa shape index (κ2) is 5.71. The standard InChI is InChI=1S/C13H16ClNO4S/c1-15(2)20(17,18)10-5-6-12(14)11(7-10)13(16)19-8-9-3-4-9/h5-7,9H,3-4,8H2,1-2H3. The summed E-state index contributed by atoms with van der Waals surface area (Å²) in [6.45, 7) is 0.361. The van der Waals surface area contributed by atoms with E-state index in [-0.39, 0.29) is 15.5 Å². The van der Waals surface area contributed by atoms with Crippen LogP contribution >= 0.6 is 11.6 Å². The van der Waals surface area contributed by atoms with Gasteiger partial charge >= 0.3 is 5.97 Å². The molecule has 0 N–H and O–H groups in total. The normalized spacial score (nSPS) is 15.4. The third-order valence-corrected chi connectivity index (χ3v) is 5.22. The predicted molar refractivity (Wildman–Crippen MR) is 75.3 cm³/mol. The molecule has 7 heteroatoms. The highest BCUT2D eigenvalue weighted by atomic mass is 35.5. The van der Waals surface area contributed by atoms with Gasteiger partial charge in [0.25, 0.3) is 0 Å². The van der Waals surface area contributed by atoms with Gasteiger partial charge in [0.15, 0.2) is 0 Å². The second-order valence-corrected chi connectivity index (χ2v) is 7.53. The van der Waals surface area contributed by atoms with Crippen LogP contribution in [0.4, 0.5) is 0 Å². The van der Waals surface area contributed by atoms with Crippen LogP contribution in [0.3, 0.4) is 0 Å². The molecular weight excluding hydrogens is 302 g/mol. The van der Waals surface area contributed by atoms with Crippen molar-refractivity contribution >= 4 is 27.6 Å². The number of hydrogen-bond donors (Lipinski definition) is 0. The van der Waals surface area contributed by atoms with E-state index in [4.69, 9.17) is 16.3 Å². The maximum Gasteiger partial charge on any atom is 0.339 e. The molecule has 1 aliphatic rings. The van der Waals surface area contributed by atoms with Crippen molar-refractivity contribution in [3.63, 3.8) is 0 Å². The molecule has 1 saturated carbocycles. The molecule has 1 aliphatic carbocycles. The molecule has 110 valence electrons. The van der Waals surface area contributed by atoms with Crippen molar-refractivity contribution in [2.24, 2.45) is 5.92 Å². The molecule has 0 aromatic heterocycles. The minimum atomic E-state index is -3.60. The first kappa shape index (κ1) is 15.3. The van der Waals surface area contributed by atoms with Crippen LogP contribution in [-0.4, -0.2) is 39.4 Å². The Morgan fingerprint density at radius 1 is 1.40 bits per heavy atom. The summed E-state index contributed by atoms with van der Waals surface area (Å²) in [7, 11) is -0.750. The fraction of sp³-hybridized carbons (Fsp3) is 0.462. The molecule has 0 unspecified atom stereocenters. The number of benzene rings is 1. The third kappa shape index (κ3) is 3.31. The lowest BCUT2D eigenvalue weighted by molar-refractivity contribution is 0.0486. The van der Waals surface area contributed by atoms with Crippen molar-refractivity contribution < 1.29 is 17.9 Å². The predicted octanol–water partition coefficient (Wildman–Crippen LogP) is 2.16. The Kier molecular flexibility index (Phi) is 4.36. The summed E-state index contributed by atoms with van der Waals surface area (Å²) < 4.78 is 30.3. The van der Waals surface area contributed by atoms with Gasteiger partial charge in [-0.3, -0.25) is 0 Å². The molecule has 0 heterocycles. The van der Waals surface area contributed by atoms with Gasteiger partial charge in [-0.1, -0.05) is 11.6 Å². The van der Waals surface area contributed by atoms with E-state index < -0.39 is 16.0 Å². The van der Waals surface area contributed by atoms with Crippen LogP contribution in [0.1, 0.15) is 23.2 Å². The molecule has 1 aromatic carbocycles. The fourth-order valence-electron chi connectivity index (χ4n) is 1.59. The van der Waals surface area contributed by atoms with Crippen molar-refractivity contribution in [2.75, 3.05) is 20.7 Å². The Labute approximate surface area is 123 Å². The summed E-state index contributed by atoms with van der Waals surface area (Å²) in [4.78, 5) is 12.0. The molecule has 2 rings (SSSR count). The lowest BCUT2D eigenvalue weighted by atomic mass is 10.2. The molecule has 0 radical (unpaired) electrons. The van der Waals surface area contributed by atoms with Gasteiger partial charge < -0.3 is 4.74 Å². The van der Waals surface area contributed by atoms with Crippen LogP contribution < -0.4 is 0 Å².